The molecule has 2 aliphatic rings. The van der Waals surface area contributed by atoms with Crippen LogP contribution < -0.4 is 10.6 Å². The molecule has 4 heterocycles. The zero-order chi connectivity index (χ0) is 19.5. The van der Waals surface area contributed by atoms with Gasteiger partial charge >= 0.3 is 0 Å². The molecular weight excluding hydrogens is 354 g/mol. The first kappa shape index (κ1) is 18.9. The maximum atomic E-state index is 4.89. The van der Waals surface area contributed by atoms with Crippen LogP contribution in [0.4, 0.5) is 0 Å². The SMILES string of the molecule is CCNC(=NCC1CCc2nnc(C)n2C1)NC1CCc2nc(CC)nn2C1. The summed E-state index contributed by atoms with van der Waals surface area (Å²) in [7, 11) is 0. The van der Waals surface area contributed by atoms with E-state index in [0.29, 0.717) is 12.0 Å². The van der Waals surface area contributed by atoms with Gasteiger partial charge in [-0.25, -0.2) is 9.67 Å². The van der Waals surface area contributed by atoms with E-state index in [-0.39, 0.29) is 0 Å². The molecule has 28 heavy (non-hydrogen) atoms. The fraction of sp³-hybridized carbons (Fsp3) is 0.737. The minimum atomic E-state index is 0.328. The third kappa shape index (κ3) is 4.02. The lowest BCUT2D eigenvalue weighted by Crippen LogP contribution is -2.47. The zero-order valence-electron chi connectivity index (χ0n) is 17.1. The van der Waals surface area contributed by atoms with Crippen LogP contribution in [0, 0.1) is 12.8 Å². The van der Waals surface area contributed by atoms with Gasteiger partial charge in [0, 0.05) is 44.9 Å². The molecule has 0 saturated heterocycles. The Hall–Kier alpha value is -2.45. The molecule has 0 aliphatic carbocycles. The van der Waals surface area contributed by atoms with Crippen LogP contribution in [0.1, 0.15) is 50.0 Å². The molecule has 2 unspecified atom stereocenters. The van der Waals surface area contributed by atoms with Gasteiger partial charge in [-0.05, 0) is 32.6 Å². The standard InChI is InChI=1S/C19H31N9/c1-4-16-23-17-9-7-15(12-28(17)26-16)22-19(20-5-2)21-10-14-6-8-18-25-24-13(3)27(18)11-14/h14-15H,4-12H2,1-3H3,(H2,20,21,22). The second-order valence-electron chi connectivity index (χ2n) is 7.76. The minimum absolute atomic E-state index is 0.328. The Bertz CT molecular complexity index is 835. The molecule has 0 amide bonds. The Morgan fingerprint density at radius 1 is 1.14 bits per heavy atom. The second kappa shape index (κ2) is 8.28. The molecule has 0 bridgehead atoms. The normalized spacial score (nSPS) is 21.9. The summed E-state index contributed by atoms with van der Waals surface area (Å²) >= 11 is 0. The number of rotatable bonds is 5. The van der Waals surface area contributed by atoms with Crippen LogP contribution in [0.25, 0.3) is 0 Å². The molecule has 9 nitrogen and oxygen atoms in total. The van der Waals surface area contributed by atoms with Crippen molar-refractivity contribution in [3.05, 3.63) is 23.3 Å². The quantitative estimate of drug-likeness (QED) is 0.586. The molecular formula is C19H31N9. The van der Waals surface area contributed by atoms with Gasteiger partial charge in [-0.15, -0.1) is 10.2 Å². The van der Waals surface area contributed by atoms with Crippen molar-refractivity contribution in [1.29, 1.82) is 0 Å². The lowest BCUT2D eigenvalue weighted by molar-refractivity contribution is 0.367. The molecule has 0 saturated carbocycles. The number of hydrogen-bond acceptors (Lipinski definition) is 5. The van der Waals surface area contributed by atoms with E-state index < -0.39 is 0 Å². The maximum absolute atomic E-state index is 4.89. The van der Waals surface area contributed by atoms with E-state index in [4.69, 9.17) is 4.99 Å². The summed E-state index contributed by atoms with van der Waals surface area (Å²) in [4.78, 5) is 9.49. The van der Waals surface area contributed by atoms with Crippen LogP contribution in [0.3, 0.4) is 0 Å². The molecule has 9 heteroatoms. The van der Waals surface area contributed by atoms with Crippen molar-refractivity contribution in [1.82, 2.24) is 40.2 Å². The summed E-state index contributed by atoms with van der Waals surface area (Å²) in [5, 5.41) is 20.1. The minimum Gasteiger partial charge on any atom is -0.357 e. The van der Waals surface area contributed by atoms with Gasteiger partial charge in [0.15, 0.2) is 11.8 Å². The van der Waals surface area contributed by atoms with Gasteiger partial charge in [0.2, 0.25) is 0 Å². The van der Waals surface area contributed by atoms with E-state index in [0.717, 1.165) is 87.5 Å². The second-order valence-corrected chi connectivity index (χ2v) is 7.76. The van der Waals surface area contributed by atoms with Gasteiger partial charge in [-0.1, -0.05) is 6.92 Å². The Morgan fingerprint density at radius 2 is 2.00 bits per heavy atom. The summed E-state index contributed by atoms with van der Waals surface area (Å²) in [6.45, 7) is 9.71. The molecule has 0 spiro atoms. The van der Waals surface area contributed by atoms with E-state index in [1.54, 1.807) is 0 Å². The predicted octanol–water partition coefficient (Wildman–Crippen LogP) is 0.873. The average molecular weight is 386 g/mol. The molecule has 2 atom stereocenters. The van der Waals surface area contributed by atoms with Crippen molar-refractivity contribution in [2.24, 2.45) is 10.9 Å². The van der Waals surface area contributed by atoms with E-state index in [1.165, 1.54) is 0 Å². The molecule has 2 aromatic rings. The Labute approximate surface area is 166 Å². The van der Waals surface area contributed by atoms with E-state index in [9.17, 15) is 0 Å². The van der Waals surface area contributed by atoms with Crippen molar-refractivity contribution in [3.8, 4) is 0 Å². The summed E-state index contributed by atoms with van der Waals surface area (Å²) < 4.78 is 4.30. The fourth-order valence-electron chi connectivity index (χ4n) is 4.04. The highest BCUT2D eigenvalue weighted by Gasteiger charge is 2.23. The van der Waals surface area contributed by atoms with Crippen molar-refractivity contribution in [2.45, 2.75) is 72.0 Å². The Morgan fingerprint density at radius 3 is 2.82 bits per heavy atom. The van der Waals surface area contributed by atoms with Crippen LogP contribution in [-0.2, 0) is 32.4 Å². The first-order valence-corrected chi connectivity index (χ1v) is 10.5. The zero-order valence-corrected chi connectivity index (χ0v) is 17.1. The number of aryl methyl sites for hydroxylation is 4. The summed E-state index contributed by atoms with van der Waals surface area (Å²) in [6, 6.07) is 0.328. The first-order valence-electron chi connectivity index (χ1n) is 10.5. The van der Waals surface area contributed by atoms with Crippen molar-refractivity contribution in [2.75, 3.05) is 13.1 Å². The molecule has 2 N–H and O–H groups in total. The monoisotopic (exact) mass is 385 g/mol. The number of fused-ring (bicyclic) bond motifs is 2. The topological polar surface area (TPSA) is 97.8 Å². The van der Waals surface area contributed by atoms with Crippen LogP contribution in [-0.4, -0.2) is 54.6 Å². The lowest BCUT2D eigenvalue weighted by atomic mass is 9.99. The molecule has 152 valence electrons. The average Bonchev–Trinajstić information content (AvgIpc) is 3.29. The van der Waals surface area contributed by atoms with Gasteiger partial charge in [0.05, 0.1) is 6.54 Å². The summed E-state index contributed by atoms with van der Waals surface area (Å²) in [5.74, 6) is 5.60. The summed E-state index contributed by atoms with van der Waals surface area (Å²) in [6.07, 6.45) is 5.01. The summed E-state index contributed by atoms with van der Waals surface area (Å²) in [5.41, 5.74) is 0. The fourth-order valence-corrected chi connectivity index (χ4v) is 4.04. The molecule has 2 aromatic heterocycles. The highest BCUT2D eigenvalue weighted by molar-refractivity contribution is 5.80. The van der Waals surface area contributed by atoms with E-state index in [1.807, 2.05) is 6.92 Å². The molecule has 4 rings (SSSR count). The van der Waals surface area contributed by atoms with Crippen molar-refractivity contribution in [3.63, 3.8) is 0 Å². The van der Waals surface area contributed by atoms with Crippen LogP contribution in [0.2, 0.25) is 0 Å². The first-order chi connectivity index (χ1) is 13.7. The van der Waals surface area contributed by atoms with Crippen LogP contribution in [0.15, 0.2) is 4.99 Å². The van der Waals surface area contributed by atoms with Gasteiger partial charge < -0.3 is 15.2 Å². The number of aromatic nitrogens is 6. The van der Waals surface area contributed by atoms with Crippen molar-refractivity contribution >= 4 is 5.96 Å². The maximum Gasteiger partial charge on any atom is 0.191 e. The molecule has 0 radical (unpaired) electrons. The Balaban J connectivity index is 1.37. The number of aliphatic imine (C=N–C) groups is 1. The van der Waals surface area contributed by atoms with Gasteiger partial charge in [-0.3, -0.25) is 4.99 Å². The molecule has 0 aromatic carbocycles. The van der Waals surface area contributed by atoms with Gasteiger partial charge in [-0.2, -0.15) is 5.10 Å². The largest absolute Gasteiger partial charge is 0.357 e. The number of hydrogen-bond donors (Lipinski definition) is 2. The highest BCUT2D eigenvalue weighted by atomic mass is 15.4. The Kier molecular flexibility index (Phi) is 5.59. The lowest BCUT2D eigenvalue weighted by Gasteiger charge is -2.26. The van der Waals surface area contributed by atoms with Crippen LogP contribution in [0.5, 0.6) is 0 Å². The highest BCUT2D eigenvalue weighted by Crippen LogP contribution is 2.20. The number of nitrogens with one attached hydrogen (secondary N) is 2. The predicted molar refractivity (Wildman–Crippen MR) is 107 cm³/mol. The number of guanidine groups is 1. The van der Waals surface area contributed by atoms with Gasteiger partial charge in [0.1, 0.15) is 17.5 Å². The third-order valence-corrected chi connectivity index (χ3v) is 5.64. The molecule has 2 aliphatic heterocycles. The van der Waals surface area contributed by atoms with Gasteiger partial charge in [0.25, 0.3) is 0 Å². The van der Waals surface area contributed by atoms with E-state index in [2.05, 4.69) is 54.0 Å². The van der Waals surface area contributed by atoms with Crippen LogP contribution >= 0.6 is 0 Å². The van der Waals surface area contributed by atoms with E-state index >= 15 is 0 Å². The third-order valence-electron chi connectivity index (χ3n) is 5.64. The number of nitrogens with zero attached hydrogens (tertiary/aromatic N) is 7. The van der Waals surface area contributed by atoms with Crippen molar-refractivity contribution < 1.29 is 0 Å². The smallest absolute Gasteiger partial charge is 0.191 e. The molecule has 0 fully saturated rings.